The van der Waals surface area contributed by atoms with Crippen molar-refractivity contribution in [3.8, 4) is 0 Å². The first-order valence-corrected chi connectivity index (χ1v) is 11.9. The highest BCUT2D eigenvalue weighted by atomic mass is 32.2. The second-order valence-corrected chi connectivity index (χ2v) is 11.3. The van der Waals surface area contributed by atoms with Crippen molar-refractivity contribution in [3.63, 3.8) is 0 Å². The molecule has 0 aliphatic rings. The maximum absolute atomic E-state index is 10.2. The molecule has 0 aliphatic carbocycles. The van der Waals surface area contributed by atoms with E-state index in [-0.39, 0.29) is 10.9 Å². The predicted octanol–water partition coefficient (Wildman–Crippen LogP) is 0.333. The van der Waals surface area contributed by atoms with Gasteiger partial charge in [-0.15, -0.1) is 0 Å². The highest BCUT2D eigenvalue weighted by Gasteiger charge is 2.08. The Labute approximate surface area is 171 Å². The molecule has 0 saturated heterocycles. The largest absolute Gasteiger partial charge is 0.747 e. The Hall–Kier alpha value is -0.340. The third-order valence-electron chi connectivity index (χ3n) is 2.85. The molecule has 0 amide bonds. The topological polar surface area (TPSA) is 204 Å². The predicted molar refractivity (Wildman–Crippen MR) is 109 cm³/mol. The molecule has 176 valence electrons. The van der Waals surface area contributed by atoms with Gasteiger partial charge >= 0.3 is 0 Å². The van der Waals surface area contributed by atoms with E-state index in [1.807, 2.05) is 0 Å². The molecule has 0 fully saturated rings. The normalized spacial score (nSPS) is 12.1. The fourth-order valence-electron chi connectivity index (χ4n) is 1.57. The molecule has 10 nitrogen and oxygen atoms in total. The van der Waals surface area contributed by atoms with Crippen LogP contribution in [0.1, 0.15) is 67.2 Å². The van der Waals surface area contributed by atoms with Crippen molar-refractivity contribution in [2.24, 2.45) is 16.6 Å². The molecule has 0 unspecified atom stereocenters. The second kappa shape index (κ2) is 16.5. The van der Waals surface area contributed by atoms with Gasteiger partial charge in [-0.3, -0.25) is 0 Å². The summed E-state index contributed by atoms with van der Waals surface area (Å²) in [6.45, 7) is 14.5. The van der Waals surface area contributed by atoms with Crippen molar-refractivity contribution in [1.29, 1.82) is 0 Å². The number of nitrogens with two attached hydrogens (primary N) is 1. The maximum Gasteiger partial charge on any atom is 0.133 e. The average Bonchev–Trinajstić information content (AvgIpc) is 2.42. The summed E-state index contributed by atoms with van der Waals surface area (Å²) in [6, 6.07) is 0. The van der Waals surface area contributed by atoms with Crippen LogP contribution in [0.15, 0.2) is 0 Å². The molecular weight excluding hydrogens is 412 g/mol. The molecular formula is C16H40N2O8S2-2. The molecule has 0 atom stereocenters. The van der Waals surface area contributed by atoms with Crippen LogP contribution < -0.4 is 11.1 Å². The molecule has 12 heteroatoms. The molecule has 0 bridgehead atoms. The quantitative estimate of drug-likeness (QED) is 0.342. The Balaban J connectivity index is -0.000000165. The van der Waals surface area contributed by atoms with E-state index < -0.39 is 32.1 Å². The van der Waals surface area contributed by atoms with Crippen LogP contribution in [0.2, 0.25) is 0 Å². The van der Waals surface area contributed by atoms with Gasteiger partial charge in [-0.1, -0.05) is 41.5 Å². The van der Waals surface area contributed by atoms with Crippen molar-refractivity contribution >= 4 is 20.2 Å². The van der Waals surface area contributed by atoms with E-state index in [2.05, 4.69) is 46.9 Å². The van der Waals surface area contributed by atoms with Gasteiger partial charge in [0, 0.05) is 0 Å². The van der Waals surface area contributed by atoms with E-state index >= 15 is 0 Å². The highest BCUT2D eigenvalue weighted by molar-refractivity contribution is 7.85. The number of rotatable bonds is 8. The van der Waals surface area contributed by atoms with Gasteiger partial charge in [0.1, 0.15) is 26.2 Å². The van der Waals surface area contributed by atoms with Crippen LogP contribution in [0.3, 0.4) is 0 Å². The van der Waals surface area contributed by atoms with Crippen LogP contribution in [0, 0.1) is 10.8 Å². The van der Waals surface area contributed by atoms with E-state index in [1.54, 1.807) is 0 Å². The maximum atomic E-state index is 10.2. The number of aliphatic hydroxyl groups excluding tert-OH is 1. The second-order valence-electron chi connectivity index (χ2n) is 8.51. The van der Waals surface area contributed by atoms with E-state index in [9.17, 15) is 25.9 Å². The fraction of sp³-hybridized carbons (Fsp3) is 1.00. The summed E-state index contributed by atoms with van der Waals surface area (Å²) in [5.41, 5.74) is 6.07. The molecule has 28 heavy (non-hydrogen) atoms. The standard InChI is InChI=1S/C8H19NO3S.C7H17N.CH4O4S.H2O/c1-8(2,3)5-4-6-9-7-13(10,11)12;1-7(2,3)5-4-6-8;2-1-6(3,4)5;/h9H,4-7H2,1-3H3,(H,10,11,12);4-6,8H2,1-3H3;2H,1H2,(H,3,4,5);1H2/p-2. The van der Waals surface area contributed by atoms with Crippen molar-refractivity contribution in [3.05, 3.63) is 0 Å². The number of aliphatic hydroxyl groups is 1. The lowest BCUT2D eigenvalue weighted by Crippen LogP contribution is -2.24. The summed E-state index contributed by atoms with van der Waals surface area (Å²) < 4.78 is 58.1. The first-order chi connectivity index (χ1) is 11.8. The molecule has 6 N–H and O–H groups in total. The Kier molecular flexibility index (Phi) is 20.6. The van der Waals surface area contributed by atoms with Crippen molar-refractivity contribution in [2.45, 2.75) is 67.2 Å². The first kappa shape index (κ1) is 35.1. The summed E-state index contributed by atoms with van der Waals surface area (Å²) in [5, 5.41) is 10.1. The Morgan fingerprint density at radius 1 is 0.857 bits per heavy atom. The minimum atomic E-state index is -4.36. The molecule has 0 aromatic carbocycles. The molecule has 0 heterocycles. The van der Waals surface area contributed by atoms with Crippen molar-refractivity contribution in [2.75, 3.05) is 24.9 Å². The van der Waals surface area contributed by atoms with E-state index in [4.69, 9.17) is 10.8 Å². The zero-order valence-electron chi connectivity index (χ0n) is 17.9. The van der Waals surface area contributed by atoms with Crippen LogP contribution in [0.4, 0.5) is 0 Å². The number of nitrogens with one attached hydrogen (secondary N) is 1. The third-order valence-corrected chi connectivity index (χ3v) is 3.72. The van der Waals surface area contributed by atoms with Crippen LogP contribution in [-0.2, 0) is 20.2 Å². The van der Waals surface area contributed by atoms with Gasteiger partial charge in [0.15, 0.2) is 0 Å². The van der Waals surface area contributed by atoms with Crippen LogP contribution in [-0.4, -0.2) is 61.4 Å². The minimum Gasteiger partial charge on any atom is -0.747 e. The fourth-order valence-corrected chi connectivity index (χ4v) is 1.97. The van der Waals surface area contributed by atoms with Gasteiger partial charge in [-0.25, -0.2) is 16.8 Å². The van der Waals surface area contributed by atoms with Gasteiger partial charge in [-0.05, 0) is 49.6 Å². The average molecular weight is 453 g/mol. The zero-order valence-corrected chi connectivity index (χ0v) is 19.6. The summed E-state index contributed by atoms with van der Waals surface area (Å²) in [7, 11) is -8.46. The van der Waals surface area contributed by atoms with Gasteiger partial charge in [0.2, 0.25) is 0 Å². The molecule has 0 aliphatic heterocycles. The Morgan fingerprint density at radius 3 is 1.43 bits per heavy atom. The van der Waals surface area contributed by atoms with E-state index in [0.717, 1.165) is 25.8 Å². The minimum absolute atomic E-state index is 0. The summed E-state index contributed by atoms with van der Waals surface area (Å²) in [4.78, 5) is 0. The molecule has 0 aromatic heterocycles. The SMILES string of the molecule is CC(C)(C)CCCN.CC(C)(C)CCCNCS(=O)(=O)[O-].O.O=S(=O)([O-])CO. The molecule has 0 saturated carbocycles. The third kappa shape index (κ3) is 50.0. The van der Waals surface area contributed by atoms with Gasteiger partial charge in [0.25, 0.3) is 0 Å². The van der Waals surface area contributed by atoms with E-state index in [1.165, 1.54) is 6.42 Å². The Morgan fingerprint density at radius 2 is 1.21 bits per heavy atom. The molecule has 0 radical (unpaired) electrons. The van der Waals surface area contributed by atoms with E-state index in [0.29, 0.717) is 12.0 Å². The smallest absolute Gasteiger partial charge is 0.133 e. The van der Waals surface area contributed by atoms with Crippen molar-refractivity contribution < 1.29 is 36.5 Å². The lowest BCUT2D eigenvalue weighted by atomic mass is 9.91. The molecule has 0 spiro atoms. The van der Waals surface area contributed by atoms with Crippen molar-refractivity contribution in [1.82, 2.24) is 5.32 Å². The van der Waals surface area contributed by atoms with Gasteiger partial charge in [-0.2, -0.15) is 0 Å². The van der Waals surface area contributed by atoms with Crippen LogP contribution in [0.5, 0.6) is 0 Å². The van der Waals surface area contributed by atoms with Gasteiger partial charge < -0.3 is 30.7 Å². The molecule has 0 aromatic rings. The highest BCUT2D eigenvalue weighted by Crippen LogP contribution is 2.20. The monoisotopic (exact) mass is 452 g/mol. The van der Waals surface area contributed by atoms with Gasteiger partial charge in [0.05, 0.1) is 5.88 Å². The van der Waals surface area contributed by atoms with Crippen LogP contribution in [0.25, 0.3) is 0 Å². The first-order valence-electron chi connectivity index (χ1n) is 8.72. The zero-order chi connectivity index (χ0) is 22.4. The summed E-state index contributed by atoms with van der Waals surface area (Å²) in [5.74, 6) is -1.77. The summed E-state index contributed by atoms with van der Waals surface area (Å²) in [6.07, 6.45) is 4.30. The lowest BCUT2D eigenvalue weighted by Gasteiger charge is -2.17. The lowest BCUT2D eigenvalue weighted by molar-refractivity contribution is 0.331. The molecule has 0 rings (SSSR count). The Bertz CT molecular complexity index is 550. The number of hydrogen-bond acceptors (Lipinski definition) is 9. The summed E-state index contributed by atoms with van der Waals surface area (Å²) >= 11 is 0. The van der Waals surface area contributed by atoms with Crippen LogP contribution >= 0.6 is 0 Å². The number of hydrogen-bond donors (Lipinski definition) is 3.